The molecule has 0 aliphatic carbocycles. The topological polar surface area (TPSA) is 61.8 Å². The zero-order valence-corrected chi connectivity index (χ0v) is 20.2. The van der Waals surface area contributed by atoms with Crippen LogP contribution in [0, 0.1) is 5.82 Å². The van der Waals surface area contributed by atoms with Crippen molar-refractivity contribution in [2.75, 3.05) is 11.9 Å². The molecule has 3 aromatic carbocycles. The average Bonchev–Trinajstić information content (AvgIpc) is 2.79. The van der Waals surface area contributed by atoms with Crippen molar-refractivity contribution in [1.82, 2.24) is 4.90 Å². The number of nitrogens with zero attached hydrogens (tertiary/aromatic N) is 2. The first-order chi connectivity index (χ1) is 16.4. The number of rotatable bonds is 6. The van der Waals surface area contributed by atoms with Gasteiger partial charge in [-0.1, -0.05) is 65.3 Å². The number of amidine groups is 1. The number of benzene rings is 3. The van der Waals surface area contributed by atoms with E-state index in [2.05, 4.69) is 10.3 Å². The summed E-state index contributed by atoms with van der Waals surface area (Å²) in [4.78, 5) is 32.3. The quantitative estimate of drug-likeness (QED) is 0.416. The van der Waals surface area contributed by atoms with Crippen molar-refractivity contribution in [1.29, 1.82) is 0 Å². The molecule has 3 aromatic rings. The molecule has 0 saturated carbocycles. The summed E-state index contributed by atoms with van der Waals surface area (Å²) in [7, 11) is 0. The van der Waals surface area contributed by atoms with Gasteiger partial charge in [0.05, 0.1) is 5.69 Å². The van der Waals surface area contributed by atoms with E-state index in [9.17, 15) is 14.0 Å². The SMILES string of the molecule is O=C(Nc1cc(Cl)cc(Cl)c1)[C@H]1CC(=O)N(CCc2ccc(F)cc2)C(=Nc2ccccc2)S1. The van der Waals surface area contributed by atoms with E-state index in [-0.39, 0.29) is 24.1 Å². The maximum Gasteiger partial charge on any atom is 0.238 e. The first kappa shape index (κ1) is 24.3. The first-order valence-electron chi connectivity index (χ1n) is 10.5. The van der Waals surface area contributed by atoms with Crippen LogP contribution in [0.15, 0.2) is 77.8 Å². The molecule has 0 unspecified atom stereocenters. The molecule has 1 fully saturated rings. The van der Waals surface area contributed by atoms with Crippen LogP contribution in [0.1, 0.15) is 12.0 Å². The number of nitrogens with one attached hydrogen (secondary N) is 1. The second-order valence-electron chi connectivity index (χ2n) is 7.61. The number of carbonyl (C=O) groups is 2. The van der Waals surface area contributed by atoms with Crippen molar-refractivity contribution in [2.45, 2.75) is 18.1 Å². The molecule has 2 amide bonds. The van der Waals surface area contributed by atoms with Crippen molar-refractivity contribution in [2.24, 2.45) is 4.99 Å². The summed E-state index contributed by atoms with van der Waals surface area (Å²) in [5.41, 5.74) is 2.03. The molecule has 174 valence electrons. The van der Waals surface area contributed by atoms with Crippen molar-refractivity contribution < 1.29 is 14.0 Å². The van der Waals surface area contributed by atoms with Crippen molar-refractivity contribution in [3.8, 4) is 0 Å². The summed E-state index contributed by atoms with van der Waals surface area (Å²) in [6.07, 6.45) is 0.542. The van der Waals surface area contributed by atoms with Gasteiger partial charge in [-0.25, -0.2) is 9.38 Å². The lowest BCUT2D eigenvalue weighted by Crippen LogP contribution is -2.46. The van der Waals surface area contributed by atoms with E-state index in [4.69, 9.17) is 23.2 Å². The van der Waals surface area contributed by atoms with Crippen LogP contribution in [-0.2, 0) is 16.0 Å². The molecule has 0 aromatic heterocycles. The number of carbonyl (C=O) groups excluding carboxylic acids is 2. The van der Waals surface area contributed by atoms with Gasteiger partial charge in [-0.15, -0.1) is 0 Å². The number of hydrogen-bond acceptors (Lipinski definition) is 4. The van der Waals surface area contributed by atoms with Gasteiger partial charge in [0.15, 0.2) is 5.17 Å². The minimum absolute atomic E-state index is 0.0159. The second kappa shape index (κ2) is 11.0. The summed E-state index contributed by atoms with van der Waals surface area (Å²) in [5, 5.41) is 3.35. The molecule has 0 spiro atoms. The zero-order chi connectivity index (χ0) is 24.1. The van der Waals surface area contributed by atoms with Crippen molar-refractivity contribution >= 4 is 63.3 Å². The van der Waals surface area contributed by atoms with Gasteiger partial charge in [0.25, 0.3) is 0 Å². The van der Waals surface area contributed by atoms with E-state index < -0.39 is 5.25 Å². The molecular formula is C25H20Cl2FN3O2S. The lowest BCUT2D eigenvalue weighted by molar-refractivity contribution is -0.129. The largest absolute Gasteiger partial charge is 0.325 e. The summed E-state index contributed by atoms with van der Waals surface area (Å²) in [5.74, 6) is -0.857. The molecule has 34 heavy (non-hydrogen) atoms. The molecule has 0 radical (unpaired) electrons. The smallest absolute Gasteiger partial charge is 0.238 e. The van der Waals surface area contributed by atoms with Gasteiger partial charge < -0.3 is 5.32 Å². The predicted octanol–water partition coefficient (Wildman–Crippen LogP) is 6.34. The van der Waals surface area contributed by atoms with E-state index in [0.29, 0.717) is 39.6 Å². The molecule has 1 saturated heterocycles. The number of thioether (sulfide) groups is 1. The van der Waals surface area contributed by atoms with Crippen LogP contribution in [-0.4, -0.2) is 33.7 Å². The summed E-state index contributed by atoms with van der Waals surface area (Å²) in [6, 6.07) is 20.2. The molecular weight excluding hydrogens is 496 g/mol. The highest BCUT2D eigenvalue weighted by molar-refractivity contribution is 8.15. The first-order valence-corrected chi connectivity index (χ1v) is 12.1. The molecule has 1 heterocycles. The molecule has 1 aliphatic rings. The molecule has 5 nitrogen and oxygen atoms in total. The van der Waals surface area contributed by atoms with Crippen LogP contribution in [0.5, 0.6) is 0 Å². The normalized spacial score (nSPS) is 17.1. The number of halogens is 3. The number of aliphatic imine (C=N–C) groups is 1. The van der Waals surface area contributed by atoms with Crippen LogP contribution < -0.4 is 5.32 Å². The van der Waals surface area contributed by atoms with E-state index in [0.717, 1.165) is 5.56 Å². The number of hydrogen-bond donors (Lipinski definition) is 1. The Hall–Kier alpha value is -2.87. The second-order valence-corrected chi connectivity index (χ2v) is 9.65. The number of anilines is 1. The van der Waals surface area contributed by atoms with Gasteiger partial charge in [-0.05, 0) is 54.4 Å². The lowest BCUT2D eigenvalue weighted by atomic mass is 10.1. The molecule has 1 atom stereocenters. The minimum atomic E-state index is -0.671. The Morgan fingerprint density at radius 1 is 1.06 bits per heavy atom. The van der Waals surface area contributed by atoms with Gasteiger partial charge >= 0.3 is 0 Å². The molecule has 4 rings (SSSR count). The monoisotopic (exact) mass is 515 g/mol. The third kappa shape index (κ3) is 6.38. The standard InChI is InChI=1S/C25H20Cl2FN3O2S/c26-17-12-18(27)14-21(13-17)29-24(33)22-15-23(32)31(11-10-16-6-8-19(28)9-7-16)25(34-22)30-20-4-2-1-3-5-20/h1-9,12-14,22H,10-11,15H2,(H,29,33)/t22-/m1/s1. The van der Waals surface area contributed by atoms with Gasteiger partial charge in [0.2, 0.25) is 11.8 Å². The Bertz CT molecular complexity index is 1200. The Labute approximate surface area is 211 Å². The van der Waals surface area contributed by atoms with E-state index in [1.807, 2.05) is 30.3 Å². The van der Waals surface area contributed by atoms with Crippen molar-refractivity contribution in [3.63, 3.8) is 0 Å². The fourth-order valence-electron chi connectivity index (χ4n) is 3.41. The van der Waals surface area contributed by atoms with Gasteiger partial charge in [-0.3, -0.25) is 14.5 Å². The Balaban J connectivity index is 1.54. The highest BCUT2D eigenvalue weighted by Gasteiger charge is 2.35. The highest BCUT2D eigenvalue weighted by atomic mass is 35.5. The van der Waals surface area contributed by atoms with E-state index in [1.54, 1.807) is 35.2 Å². The fraction of sp³-hybridized carbons (Fsp3) is 0.160. The van der Waals surface area contributed by atoms with Crippen molar-refractivity contribution in [3.05, 3.63) is 94.2 Å². The zero-order valence-electron chi connectivity index (χ0n) is 17.9. The van der Waals surface area contributed by atoms with Crippen LogP contribution in [0.2, 0.25) is 10.0 Å². The molecule has 1 N–H and O–H groups in total. The average molecular weight is 516 g/mol. The minimum Gasteiger partial charge on any atom is -0.325 e. The Morgan fingerprint density at radius 3 is 2.41 bits per heavy atom. The van der Waals surface area contributed by atoms with E-state index >= 15 is 0 Å². The summed E-state index contributed by atoms with van der Waals surface area (Å²) in [6.45, 7) is 0.362. The third-order valence-electron chi connectivity index (χ3n) is 5.08. The number of para-hydroxylation sites is 1. The lowest BCUT2D eigenvalue weighted by Gasteiger charge is -2.32. The number of amides is 2. The Kier molecular flexibility index (Phi) is 7.88. The summed E-state index contributed by atoms with van der Waals surface area (Å²) < 4.78 is 13.2. The van der Waals surface area contributed by atoms with Crippen LogP contribution in [0.25, 0.3) is 0 Å². The van der Waals surface area contributed by atoms with Crippen LogP contribution in [0.3, 0.4) is 0 Å². The Morgan fingerprint density at radius 2 is 1.74 bits per heavy atom. The third-order valence-corrected chi connectivity index (χ3v) is 6.70. The molecule has 9 heteroatoms. The van der Waals surface area contributed by atoms with Gasteiger partial charge in [0.1, 0.15) is 11.1 Å². The highest BCUT2D eigenvalue weighted by Crippen LogP contribution is 2.31. The van der Waals surface area contributed by atoms with Crippen LogP contribution in [0.4, 0.5) is 15.8 Å². The maximum absolute atomic E-state index is 13.2. The summed E-state index contributed by atoms with van der Waals surface area (Å²) >= 11 is 13.3. The van der Waals surface area contributed by atoms with Gasteiger partial charge in [0, 0.05) is 28.7 Å². The fourth-order valence-corrected chi connectivity index (χ4v) is 5.07. The maximum atomic E-state index is 13.2. The predicted molar refractivity (Wildman–Crippen MR) is 136 cm³/mol. The van der Waals surface area contributed by atoms with E-state index in [1.165, 1.54) is 23.9 Å². The van der Waals surface area contributed by atoms with Gasteiger partial charge in [-0.2, -0.15) is 0 Å². The molecule has 0 bridgehead atoms. The molecule has 1 aliphatic heterocycles. The van der Waals surface area contributed by atoms with Crippen LogP contribution >= 0.6 is 35.0 Å².